The maximum absolute atomic E-state index is 12.9. The lowest BCUT2D eigenvalue weighted by atomic mass is 10.2. The highest BCUT2D eigenvalue weighted by Crippen LogP contribution is 2.31. The van der Waals surface area contributed by atoms with Crippen molar-refractivity contribution in [2.24, 2.45) is 0 Å². The molecule has 0 aromatic heterocycles. The van der Waals surface area contributed by atoms with E-state index >= 15 is 0 Å². The van der Waals surface area contributed by atoms with Gasteiger partial charge in [0.25, 0.3) is 0 Å². The van der Waals surface area contributed by atoms with E-state index in [2.05, 4.69) is 9.47 Å². The Bertz CT molecular complexity index is 428. The Morgan fingerprint density at radius 3 is 2.00 bits per heavy atom. The molecule has 0 radical (unpaired) electrons. The highest BCUT2D eigenvalue weighted by Gasteiger charge is 2.50. The first-order valence-corrected chi connectivity index (χ1v) is 4.65. The van der Waals surface area contributed by atoms with Gasteiger partial charge in [0, 0.05) is 5.56 Å². The SMILES string of the molecule is O=Cc1ccc(OC(F)(F)[C@H](F)OC(F)(F)F)cc1. The number of hydrogen-bond donors (Lipinski definition) is 0. The average Bonchev–Trinajstić information content (AvgIpc) is 2.27. The van der Waals surface area contributed by atoms with Crippen LogP contribution in [0.1, 0.15) is 10.4 Å². The van der Waals surface area contributed by atoms with Crippen molar-refractivity contribution < 1.29 is 40.6 Å². The zero-order chi connectivity index (χ0) is 14.7. The van der Waals surface area contributed by atoms with Crippen LogP contribution in [0.15, 0.2) is 24.3 Å². The van der Waals surface area contributed by atoms with Gasteiger partial charge in [-0.3, -0.25) is 4.79 Å². The summed E-state index contributed by atoms with van der Waals surface area (Å²) in [5.41, 5.74) is 0.124. The molecule has 0 bridgehead atoms. The molecular formula is C10H6F6O3. The molecule has 0 spiro atoms. The summed E-state index contributed by atoms with van der Waals surface area (Å²) in [5.74, 6) is -0.621. The molecule has 0 heterocycles. The van der Waals surface area contributed by atoms with Crippen molar-refractivity contribution >= 4 is 6.29 Å². The molecule has 0 N–H and O–H groups in total. The Kier molecular flexibility index (Phi) is 4.40. The monoisotopic (exact) mass is 288 g/mol. The summed E-state index contributed by atoms with van der Waals surface area (Å²) in [5, 5.41) is 0. The number of aldehydes is 1. The zero-order valence-electron chi connectivity index (χ0n) is 8.96. The van der Waals surface area contributed by atoms with Gasteiger partial charge >= 0.3 is 18.8 Å². The second-order valence-corrected chi connectivity index (χ2v) is 3.23. The fourth-order valence-corrected chi connectivity index (χ4v) is 1.00. The van der Waals surface area contributed by atoms with E-state index in [4.69, 9.17) is 0 Å². The van der Waals surface area contributed by atoms with Crippen LogP contribution >= 0.6 is 0 Å². The van der Waals surface area contributed by atoms with Gasteiger partial charge in [0.15, 0.2) is 0 Å². The molecule has 0 unspecified atom stereocenters. The maximum Gasteiger partial charge on any atom is 0.525 e. The number of benzene rings is 1. The van der Waals surface area contributed by atoms with E-state index < -0.39 is 24.6 Å². The van der Waals surface area contributed by atoms with Crippen molar-refractivity contribution in [2.45, 2.75) is 18.8 Å². The minimum absolute atomic E-state index is 0.124. The Morgan fingerprint density at radius 2 is 1.58 bits per heavy atom. The number of halogens is 6. The quantitative estimate of drug-likeness (QED) is 0.616. The highest BCUT2D eigenvalue weighted by atomic mass is 19.4. The van der Waals surface area contributed by atoms with E-state index in [9.17, 15) is 31.1 Å². The van der Waals surface area contributed by atoms with Crippen LogP contribution in [-0.2, 0) is 4.74 Å². The summed E-state index contributed by atoms with van der Waals surface area (Å²) in [6, 6.07) is 3.88. The predicted molar refractivity (Wildman–Crippen MR) is 49.4 cm³/mol. The Labute approximate surface area is 102 Å². The molecule has 9 heteroatoms. The molecule has 1 aromatic rings. The van der Waals surface area contributed by atoms with E-state index in [-0.39, 0.29) is 5.56 Å². The molecule has 0 aliphatic rings. The summed E-state index contributed by atoms with van der Waals surface area (Å²) >= 11 is 0. The third-order valence-corrected chi connectivity index (χ3v) is 1.77. The van der Waals surface area contributed by atoms with Crippen molar-refractivity contribution in [1.29, 1.82) is 0 Å². The van der Waals surface area contributed by atoms with Gasteiger partial charge < -0.3 is 4.74 Å². The topological polar surface area (TPSA) is 35.5 Å². The van der Waals surface area contributed by atoms with Gasteiger partial charge in [-0.25, -0.2) is 9.13 Å². The number of rotatable bonds is 5. The zero-order valence-corrected chi connectivity index (χ0v) is 8.96. The smallest absolute Gasteiger partial charge is 0.429 e. The van der Waals surface area contributed by atoms with Crippen LogP contribution in [0.2, 0.25) is 0 Å². The molecular weight excluding hydrogens is 282 g/mol. The molecule has 0 aliphatic heterocycles. The molecule has 1 atom stereocenters. The lowest BCUT2D eigenvalue weighted by Gasteiger charge is -2.22. The molecule has 0 amide bonds. The van der Waals surface area contributed by atoms with Gasteiger partial charge in [0.05, 0.1) is 0 Å². The van der Waals surface area contributed by atoms with Gasteiger partial charge in [0.1, 0.15) is 12.0 Å². The number of carbonyl (C=O) groups excluding carboxylic acids is 1. The van der Waals surface area contributed by atoms with Crippen LogP contribution in [0.4, 0.5) is 26.3 Å². The van der Waals surface area contributed by atoms with E-state index in [0.717, 1.165) is 24.3 Å². The highest BCUT2D eigenvalue weighted by molar-refractivity contribution is 5.74. The first-order valence-electron chi connectivity index (χ1n) is 4.65. The molecule has 106 valence electrons. The van der Waals surface area contributed by atoms with Crippen LogP contribution < -0.4 is 4.74 Å². The molecule has 1 aromatic carbocycles. The first kappa shape index (κ1) is 15.3. The van der Waals surface area contributed by atoms with E-state index in [0.29, 0.717) is 6.29 Å². The predicted octanol–water partition coefficient (Wildman–Crippen LogP) is 3.30. The van der Waals surface area contributed by atoms with Gasteiger partial charge in [-0.2, -0.15) is 8.78 Å². The van der Waals surface area contributed by atoms with E-state index in [1.165, 1.54) is 0 Å². The van der Waals surface area contributed by atoms with Crippen molar-refractivity contribution in [3.63, 3.8) is 0 Å². The third kappa shape index (κ3) is 4.78. The minimum atomic E-state index is -5.56. The summed E-state index contributed by atoms with van der Waals surface area (Å²) in [6.07, 6.45) is -14.0. The van der Waals surface area contributed by atoms with Crippen LogP contribution in [0.5, 0.6) is 5.75 Å². The van der Waals surface area contributed by atoms with Gasteiger partial charge in [-0.1, -0.05) is 0 Å². The largest absolute Gasteiger partial charge is 0.525 e. The Morgan fingerprint density at radius 1 is 1.05 bits per heavy atom. The lowest BCUT2D eigenvalue weighted by Crippen LogP contribution is -2.41. The van der Waals surface area contributed by atoms with Gasteiger partial charge in [-0.05, 0) is 24.3 Å². The van der Waals surface area contributed by atoms with Crippen molar-refractivity contribution in [3.8, 4) is 5.75 Å². The summed E-state index contributed by atoms with van der Waals surface area (Å²) < 4.78 is 79.5. The first-order chi connectivity index (χ1) is 8.64. The summed E-state index contributed by atoms with van der Waals surface area (Å²) in [4.78, 5) is 10.3. The Balaban J connectivity index is 2.74. The maximum atomic E-state index is 12.9. The minimum Gasteiger partial charge on any atom is -0.429 e. The lowest BCUT2D eigenvalue weighted by molar-refractivity contribution is -0.411. The number of ether oxygens (including phenoxy) is 2. The number of alkyl halides is 6. The molecule has 3 nitrogen and oxygen atoms in total. The summed E-state index contributed by atoms with van der Waals surface area (Å²) in [6.45, 7) is 0. The second-order valence-electron chi connectivity index (χ2n) is 3.23. The van der Waals surface area contributed by atoms with Crippen molar-refractivity contribution in [1.82, 2.24) is 0 Å². The molecule has 0 fully saturated rings. The number of carbonyl (C=O) groups is 1. The van der Waals surface area contributed by atoms with E-state index in [1.807, 2.05) is 0 Å². The normalized spacial score (nSPS) is 14.0. The molecule has 0 aliphatic carbocycles. The molecule has 1 rings (SSSR count). The van der Waals surface area contributed by atoms with Crippen molar-refractivity contribution in [2.75, 3.05) is 0 Å². The van der Waals surface area contributed by atoms with Crippen molar-refractivity contribution in [3.05, 3.63) is 29.8 Å². The molecule has 0 saturated carbocycles. The third-order valence-electron chi connectivity index (χ3n) is 1.77. The van der Waals surface area contributed by atoms with E-state index in [1.54, 1.807) is 0 Å². The van der Waals surface area contributed by atoms with Crippen LogP contribution in [0.25, 0.3) is 0 Å². The van der Waals surface area contributed by atoms with Gasteiger partial charge in [0.2, 0.25) is 0 Å². The molecule has 19 heavy (non-hydrogen) atoms. The second kappa shape index (κ2) is 5.47. The van der Waals surface area contributed by atoms with Crippen LogP contribution in [-0.4, -0.2) is 25.1 Å². The average molecular weight is 288 g/mol. The van der Waals surface area contributed by atoms with Crippen LogP contribution in [0.3, 0.4) is 0 Å². The van der Waals surface area contributed by atoms with Gasteiger partial charge in [-0.15, -0.1) is 13.2 Å². The number of hydrogen-bond acceptors (Lipinski definition) is 3. The fourth-order valence-electron chi connectivity index (χ4n) is 1.00. The fraction of sp³-hybridized carbons (Fsp3) is 0.300. The standard InChI is InChI=1S/C10H6F6O3/c11-8(19-10(14,15)16)9(12,13)18-7-3-1-6(5-17)2-4-7/h1-5,8H/t8-/m1/s1. The molecule has 0 saturated heterocycles. The summed E-state index contributed by atoms with van der Waals surface area (Å²) in [7, 11) is 0. The van der Waals surface area contributed by atoms with Crippen LogP contribution in [0, 0.1) is 0 Å². The Hall–Kier alpha value is -1.77.